The molecule has 0 radical (unpaired) electrons. The highest BCUT2D eigenvalue weighted by Crippen LogP contribution is 2.29. The first-order valence-electron chi connectivity index (χ1n) is 5.84. The van der Waals surface area contributed by atoms with E-state index < -0.39 is 28.0 Å². The number of carboxylic acid groups (broad SMARTS) is 1. The molecule has 0 aliphatic heterocycles. The van der Waals surface area contributed by atoms with Crippen molar-refractivity contribution in [3.63, 3.8) is 0 Å². The van der Waals surface area contributed by atoms with E-state index in [0.29, 0.717) is 11.3 Å². The average Bonchev–Trinajstić information content (AvgIpc) is 2.41. The molecular weight excluding hydrogens is 281 g/mol. The Morgan fingerprint density at radius 3 is 2.57 bits per heavy atom. The summed E-state index contributed by atoms with van der Waals surface area (Å²) in [5, 5.41) is 19.7. The van der Waals surface area contributed by atoms with E-state index in [4.69, 9.17) is 9.84 Å². The van der Waals surface area contributed by atoms with Crippen LogP contribution in [0.15, 0.2) is 36.4 Å². The monoisotopic (exact) mass is 291 g/mol. The minimum absolute atomic E-state index is 0.118. The first-order chi connectivity index (χ1) is 9.88. The van der Waals surface area contributed by atoms with Crippen molar-refractivity contribution in [2.75, 3.05) is 0 Å². The number of carboxylic acids is 1. The van der Waals surface area contributed by atoms with Gasteiger partial charge >= 0.3 is 5.97 Å². The van der Waals surface area contributed by atoms with Crippen molar-refractivity contribution in [3.05, 3.63) is 63.5 Å². The second-order valence-corrected chi connectivity index (χ2v) is 4.25. The summed E-state index contributed by atoms with van der Waals surface area (Å²) in [7, 11) is 0. The van der Waals surface area contributed by atoms with Crippen molar-refractivity contribution in [1.82, 2.24) is 0 Å². The zero-order chi connectivity index (χ0) is 15.6. The topological polar surface area (TPSA) is 89.7 Å². The molecule has 0 amide bonds. The van der Waals surface area contributed by atoms with Gasteiger partial charge in [0, 0.05) is 12.1 Å². The summed E-state index contributed by atoms with van der Waals surface area (Å²) in [5.74, 6) is -1.40. The van der Waals surface area contributed by atoms with Gasteiger partial charge in [-0.3, -0.25) is 10.1 Å². The third kappa shape index (κ3) is 3.14. The van der Waals surface area contributed by atoms with E-state index in [2.05, 4.69) is 0 Å². The Labute approximate surface area is 118 Å². The second-order valence-electron chi connectivity index (χ2n) is 4.25. The molecule has 0 spiro atoms. The van der Waals surface area contributed by atoms with Gasteiger partial charge in [-0.05, 0) is 36.8 Å². The summed E-state index contributed by atoms with van der Waals surface area (Å²) in [4.78, 5) is 21.0. The van der Waals surface area contributed by atoms with E-state index in [-0.39, 0.29) is 5.75 Å². The van der Waals surface area contributed by atoms with E-state index in [0.717, 1.165) is 12.1 Å². The van der Waals surface area contributed by atoms with E-state index in [1.165, 1.54) is 24.3 Å². The molecule has 0 bridgehead atoms. The van der Waals surface area contributed by atoms with Crippen molar-refractivity contribution >= 4 is 11.7 Å². The smallest absolute Gasteiger partial charge is 0.342 e. The number of nitro benzene ring substituents is 1. The highest BCUT2D eigenvalue weighted by Gasteiger charge is 2.20. The molecule has 6 nitrogen and oxygen atoms in total. The Kier molecular flexibility index (Phi) is 3.84. The van der Waals surface area contributed by atoms with Gasteiger partial charge in [0.1, 0.15) is 22.9 Å². The summed E-state index contributed by atoms with van der Waals surface area (Å²) < 4.78 is 18.4. The van der Waals surface area contributed by atoms with Gasteiger partial charge < -0.3 is 9.84 Å². The number of hydrogen-bond acceptors (Lipinski definition) is 4. The zero-order valence-corrected chi connectivity index (χ0v) is 10.9. The molecule has 0 aliphatic carbocycles. The van der Waals surface area contributed by atoms with Gasteiger partial charge in [0.05, 0.1) is 4.92 Å². The second kappa shape index (κ2) is 5.58. The molecule has 0 saturated carbocycles. The maximum absolute atomic E-state index is 13.0. The Morgan fingerprint density at radius 2 is 2.00 bits per heavy atom. The molecule has 7 heteroatoms. The number of halogens is 1. The van der Waals surface area contributed by atoms with Crippen LogP contribution in [0.25, 0.3) is 0 Å². The molecule has 0 fully saturated rings. The lowest BCUT2D eigenvalue weighted by atomic mass is 10.1. The van der Waals surface area contributed by atoms with Crippen molar-refractivity contribution in [3.8, 4) is 11.5 Å². The Bertz CT molecular complexity index is 729. The van der Waals surface area contributed by atoms with Crippen LogP contribution < -0.4 is 4.74 Å². The fourth-order valence-electron chi connectivity index (χ4n) is 1.76. The number of aromatic carboxylic acids is 1. The molecule has 0 heterocycles. The normalized spacial score (nSPS) is 10.2. The summed E-state index contributed by atoms with van der Waals surface area (Å²) in [6.07, 6.45) is 0. The predicted octanol–water partition coefficient (Wildman–Crippen LogP) is 3.53. The van der Waals surface area contributed by atoms with Gasteiger partial charge in [-0.1, -0.05) is 0 Å². The Balaban J connectivity index is 2.39. The number of nitro groups is 1. The largest absolute Gasteiger partial charge is 0.477 e. The third-order valence-corrected chi connectivity index (χ3v) is 2.76. The molecule has 1 N–H and O–H groups in total. The standard InChI is InChI=1S/C14H10FNO5/c1-8-6-9(15)2-5-13(8)21-10-3-4-12(16(19)20)11(7-10)14(17)18/h2-7H,1H3,(H,17,18). The lowest BCUT2D eigenvalue weighted by Gasteiger charge is -2.09. The van der Waals surface area contributed by atoms with Gasteiger partial charge in [-0.15, -0.1) is 0 Å². The molecule has 2 aromatic rings. The van der Waals surface area contributed by atoms with Crippen LogP contribution >= 0.6 is 0 Å². The number of ether oxygens (including phenoxy) is 1. The first kappa shape index (κ1) is 14.4. The first-order valence-corrected chi connectivity index (χ1v) is 5.84. The summed E-state index contributed by atoms with van der Waals surface area (Å²) in [5.41, 5.74) is -0.479. The van der Waals surface area contributed by atoms with Crippen LogP contribution in [-0.4, -0.2) is 16.0 Å². The summed E-state index contributed by atoms with van der Waals surface area (Å²) >= 11 is 0. The van der Waals surface area contributed by atoms with Crippen molar-refractivity contribution in [2.24, 2.45) is 0 Å². The van der Waals surface area contributed by atoms with Gasteiger partial charge in [0.25, 0.3) is 5.69 Å². The lowest BCUT2D eigenvalue weighted by molar-refractivity contribution is -0.385. The average molecular weight is 291 g/mol. The summed E-state index contributed by atoms with van der Waals surface area (Å²) in [6.45, 7) is 1.63. The van der Waals surface area contributed by atoms with Gasteiger partial charge in [0.15, 0.2) is 0 Å². The fraction of sp³-hybridized carbons (Fsp3) is 0.0714. The zero-order valence-electron chi connectivity index (χ0n) is 10.9. The third-order valence-electron chi connectivity index (χ3n) is 2.76. The van der Waals surface area contributed by atoms with Gasteiger partial charge in [-0.2, -0.15) is 0 Å². The van der Waals surface area contributed by atoms with Gasteiger partial charge in [-0.25, -0.2) is 9.18 Å². The number of rotatable bonds is 4. The fourth-order valence-corrected chi connectivity index (χ4v) is 1.76. The predicted molar refractivity (Wildman–Crippen MR) is 71.3 cm³/mol. The van der Waals surface area contributed by atoms with Crippen molar-refractivity contribution in [2.45, 2.75) is 6.92 Å². The van der Waals surface area contributed by atoms with Crippen molar-refractivity contribution < 1.29 is 24.0 Å². The number of benzene rings is 2. The Hall–Kier alpha value is -2.96. The molecule has 0 unspecified atom stereocenters. The van der Waals surface area contributed by atoms with Crippen LogP contribution in [0, 0.1) is 22.9 Å². The van der Waals surface area contributed by atoms with Crippen LogP contribution in [0.1, 0.15) is 15.9 Å². The van der Waals surface area contributed by atoms with Crippen molar-refractivity contribution in [1.29, 1.82) is 0 Å². The number of nitrogens with zero attached hydrogens (tertiary/aromatic N) is 1. The van der Waals surface area contributed by atoms with Crippen LogP contribution in [-0.2, 0) is 0 Å². The molecule has 2 rings (SSSR count). The van der Waals surface area contributed by atoms with Crippen LogP contribution in [0.2, 0.25) is 0 Å². The van der Waals surface area contributed by atoms with Crippen LogP contribution in [0.4, 0.5) is 10.1 Å². The Morgan fingerprint density at radius 1 is 1.29 bits per heavy atom. The molecule has 0 saturated heterocycles. The maximum atomic E-state index is 13.0. The number of aryl methyl sites for hydroxylation is 1. The van der Waals surface area contributed by atoms with E-state index in [1.54, 1.807) is 6.92 Å². The molecule has 21 heavy (non-hydrogen) atoms. The van der Waals surface area contributed by atoms with E-state index in [9.17, 15) is 19.3 Å². The highest BCUT2D eigenvalue weighted by molar-refractivity contribution is 5.92. The molecule has 2 aromatic carbocycles. The van der Waals surface area contributed by atoms with E-state index >= 15 is 0 Å². The number of carbonyl (C=O) groups is 1. The summed E-state index contributed by atoms with van der Waals surface area (Å²) in [6, 6.07) is 7.26. The molecule has 0 aliphatic rings. The van der Waals surface area contributed by atoms with Crippen LogP contribution in [0.5, 0.6) is 11.5 Å². The van der Waals surface area contributed by atoms with E-state index in [1.807, 2.05) is 0 Å². The molecule has 0 atom stereocenters. The number of hydrogen-bond donors (Lipinski definition) is 1. The highest BCUT2D eigenvalue weighted by atomic mass is 19.1. The molecule has 108 valence electrons. The molecule has 0 aromatic heterocycles. The minimum atomic E-state index is -1.43. The molecular formula is C14H10FNO5. The lowest BCUT2D eigenvalue weighted by Crippen LogP contribution is -2.03. The van der Waals surface area contributed by atoms with Crippen LogP contribution in [0.3, 0.4) is 0 Å². The van der Waals surface area contributed by atoms with Gasteiger partial charge in [0.2, 0.25) is 0 Å². The SMILES string of the molecule is Cc1cc(F)ccc1Oc1ccc([N+](=O)[O-])c(C(=O)O)c1. The maximum Gasteiger partial charge on any atom is 0.342 e. The quantitative estimate of drug-likeness (QED) is 0.687. The minimum Gasteiger partial charge on any atom is -0.477 e.